The number of benzene rings is 2. The fourth-order valence-electron chi connectivity index (χ4n) is 3.70. The number of aryl methyl sites for hydroxylation is 1. The largest absolute Gasteiger partial charge is 0.467 e. The van der Waals surface area contributed by atoms with Crippen LogP contribution in [0.25, 0.3) is 10.9 Å². The van der Waals surface area contributed by atoms with Gasteiger partial charge >= 0.3 is 0 Å². The minimum absolute atomic E-state index is 0. The number of nitrogens with one attached hydrogen (secondary N) is 3. The Bertz CT molecular complexity index is 1220. The van der Waals surface area contributed by atoms with Gasteiger partial charge in [-0.1, -0.05) is 30.3 Å². The summed E-state index contributed by atoms with van der Waals surface area (Å²) in [5, 5.41) is 10.8. The maximum absolute atomic E-state index is 12.4. The smallest absolute Gasteiger partial charge is 0.251 e. The van der Waals surface area contributed by atoms with E-state index in [-0.39, 0.29) is 29.9 Å². The molecule has 0 aliphatic rings. The second-order valence-corrected chi connectivity index (χ2v) is 7.74. The number of aromatic nitrogens is 1. The molecule has 0 aliphatic carbocycles. The number of carbonyl (C=O) groups excluding carboxylic acids is 1. The van der Waals surface area contributed by atoms with E-state index in [9.17, 15) is 4.79 Å². The molecule has 4 aromatic rings. The van der Waals surface area contributed by atoms with Crippen molar-refractivity contribution in [3.63, 3.8) is 0 Å². The average Bonchev–Trinajstić information content (AvgIpc) is 3.52. The van der Waals surface area contributed by atoms with Gasteiger partial charge in [-0.3, -0.25) is 9.79 Å². The summed E-state index contributed by atoms with van der Waals surface area (Å²) >= 11 is 0. The van der Waals surface area contributed by atoms with Crippen LogP contribution in [0.4, 0.5) is 0 Å². The van der Waals surface area contributed by atoms with Crippen LogP contribution < -0.4 is 16.0 Å². The fraction of sp³-hybridized carbons (Fsp3) is 0.231. The van der Waals surface area contributed by atoms with Crippen LogP contribution in [0.15, 0.2) is 88.6 Å². The molecule has 0 spiro atoms. The van der Waals surface area contributed by atoms with Gasteiger partial charge in [0.15, 0.2) is 5.96 Å². The standard InChI is InChI=1S/C26H29N5O2.HI/c1-27-26(28-13-6-14-31-15-12-21-8-2-3-11-24(21)31)30-18-20-7-4-9-22(17-20)25(32)29-19-23-10-5-16-33-23;/h2-5,7-12,15-17H,6,13-14,18-19H2,1H3,(H,29,32)(H2,27,28,30);1H. The van der Waals surface area contributed by atoms with Gasteiger partial charge < -0.3 is 24.9 Å². The first-order valence-electron chi connectivity index (χ1n) is 11.1. The summed E-state index contributed by atoms with van der Waals surface area (Å²) in [6.07, 6.45) is 4.71. The highest BCUT2D eigenvalue weighted by atomic mass is 127. The Kier molecular flexibility index (Phi) is 9.57. The molecule has 0 atom stereocenters. The van der Waals surface area contributed by atoms with Crippen molar-refractivity contribution in [3.05, 3.63) is 96.1 Å². The number of amides is 1. The van der Waals surface area contributed by atoms with Crippen molar-refractivity contribution in [2.45, 2.75) is 26.1 Å². The van der Waals surface area contributed by atoms with Crippen LogP contribution in [-0.4, -0.2) is 30.0 Å². The lowest BCUT2D eigenvalue weighted by molar-refractivity contribution is 0.0948. The summed E-state index contributed by atoms with van der Waals surface area (Å²) in [5.41, 5.74) is 2.87. The topological polar surface area (TPSA) is 83.6 Å². The SMILES string of the molecule is CN=C(NCCCn1ccc2ccccc21)NCc1cccc(C(=O)NCc2ccco2)c1.I. The maximum atomic E-state index is 12.4. The summed E-state index contributed by atoms with van der Waals surface area (Å²) in [4.78, 5) is 16.7. The first-order valence-corrected chi connectivity index (χ1v) is 11.1. The van der Waals surface area contributed by atoms with Gasteiger partial charge in [-0.15, -0.1) is 24.0 Å². The molecule has 34 heavy (non-hydrogen) atoms. The Balaban J connectivity index is 0.00000324. The molecule has 0 bridgehead atoms. The number of aliphatic imine (C=N–C) groups is 1. The van der Waals surface area contributed by atoms with Crippen molar-refractivity contribution in [1.29, 1.82) is 0 Å². The van der Waals surface area contributed by atoms with E-state index < -0.39 is 0 Å². The first kappa shape index (κ1) is 25.4. The number of fused-ring (bicyclic) bond motifs is 1. The van der Waals surface area contributed by atoms with Crippen molar-refractivity contribution in [2.24, 2.45) is 4.99 Å². The quantitative estimate of drug-likeness (QED) is 0.119. The van der Waals surface area contributed by atoms with Crippen LogP contribution in [0.1, 0.15) is 28.1 Å². The van der Waals surface area contributed by atoms with Crippen molar-refractivity contribution in [1.82, 2.24) is 20.5 Å². The maximum Gasteiger partial charge on any atom is 0.251 e. The summed E-state index contributed by atoms with van der Waals surface area (Å²) in [5.74, 6) is 1.33. The number of furan rings is 1. The summed E-state index contributed by atoms with van der Waals surface area (Å²) in [7, 11) is 1.76. The second kappa shape index (κ2) is 12.8. The van der Waals surface area contributed by atoms with Crippen molar-refractivity contribution in [2.75, 3.05) is 13.6 Å². The van der Waals surface area contributed by atoms with Crippen LogP contribution in [-0.2, 0) is 19.6 Å². The number of hydrogen-bond acceptors (Lipinski definition) is 3. The normalized spacial score (nSPS) is 11.1. The highest BCUT2D eigenvalue weighted by molar-refractivity contribution is 14.0. The number of para-hydroxylation sites is 1. The molecule has 0 saturated carbocycles. The Morgan fingerprint density at radius 1 is 0.971 bits per heavy atom. The van der Waals surface area contributed by atoms with E-state index in [2.05, 4.69) is 62.0 Å². The zero-order valence-corrected chi connectivity index (χ0v) is 21.5. The van der Waals surface area contributed by atoms with Crippen LogP contribution in [0.5, 0.6) is 0 Å². The lowest BCUT2D eigenvalue weighted by Crippen LogP contribution is -2.37. The predicted molar refractivity (Wildman–Crippen MR) is 146 cm³/mol. The average molecular weight is 571 g/mol. The lowest BCUT2D eigenvalue weighted by Gasteiger charge is -2.13. The van der Waals surface area contributed by atoms with E-state index in [0.29, 0.717) is 18.7 Å². The van der Waals surface area contributed by atoms with Gasteiger partial charge in [-0.05, 0) is 53.8 Å². The van der Waals surface area contributed by atoms with E-state index in [4.69, 9.17) is 4.42 Å². The van der Waals surface area contributed by atoms with Gasteiger partial charge in [0.25, 0.3) is 5.91 Å². The summed E-state index contributed by atoms with van der Waals surface area (Å²) < 4.78 is 7.53. The minimum Gasteiger partial charge on any atom is -0.467 e. The van der Waals surface area contributed by atoms with Gasteiger partial charge in [-0.2, -0.15) is 0 Å². The molecule has 8 heteroatoms. The van der Waals surface area contributed by atoms with Gasteiger partial charge in [0, 0.05) is 44.0 Å². The Labute approximate surface area is 216 Å². The zero-order valence-electron chi connectivity index (χ0n) is 19.2. The molecule has 0 radical (unpaired) electrons. The van der Waals surface area contributed by atoms with E-state index in [1.54, 1.807) is 25.4 Å². The molecular weight excluding hydrogens is 541 g/mol. The highest BCUT2D eigenvalue weighted by Crippen LogP contribution is 2.15. The molecule has 4 rings (SSSR count). The number of halogens is 1. The number of rotatable bonds is 9. The van der Waals surface area contributed by atoms with E-state index in [0.717, 1.165) is 36.8 Å². The van der Waals surface area contributed by atoms with Gasteiger partial charge in [-0.25, -0.2) is 0 Å². The molecule has 0 aliphatic heterocycles. The van der Waals surface area contributed by atoms with Crippen molar-refractivity contribution < 1.29 is 9.21 Å². The molecule has 2 aromatic heterocycles. The minimum atomic E-state index is -0.131. The number of nitrogens with zero attached hydrogens (tertiary/aromatic N) is 2. The van der Waals surface area contributed by atoms with Crippen molar-refractivity contribution in [3.8, 4) is 0 Å². The van der Waals surface area contributed by atoms with Crippen molar-refractivity contribution >= 4 is 46.7 Å². The monoisotopic (exact) mass is 571 g/mol. The molecule has 178 valence electrons. The third kappa shape index (κ3) is 6.86. The van der Waals surface area contributed by atoms with E-state index in [1.165, 1.54) is 10.9 Å². The Hall–Kier alpha value is -3.27. The summed E-state index contributed by atoms with van der Waals surface area (Å²) in [6, 6.07) is 21.8. The first-order chi connectivity index (χ1) is 16.2. The second-order valence-electron chi connectivity index (χ2n) is 7.74. The third-order valence-corrected chi connectivity index (χ3v) is 5.42. The van der Waals surface area contributed by atoms with Crippen LogP contribution in [0.2, 0.25) is 0 Å². The molecule has 7 nitrogen and oxygen atoms in total. The molecule has 0 fully saturated rings. The Morgan fingerprint density at radius 3 is 2.68 bits per heavy atom. The van der Waals surface area contributed by atoms with E-state index in [1.807, 2.05) is 24.3 Å². The lowest BCUT2D eigenvalue weighted by atomic mass is 10.1. The molecule has 3 N–H and O–H groups in total. The van der Waals surface area contributed by atoms with E-state index >= 15 is 0 Å². The molecule has 2 heterocycles. The van der Waals surface area contributed by atoms with Gasteiger partial charge in [0.05, 0.1) is 12.8 Å². The summed E-state index contributed by atoms with van der Waals surface area (Å²) in [6.45, 7) is 2.68. The molecular formula is C26H30IN5O2. The van der Waals surface area contributed by atoms with Gasteiger partial charge in [0.2, 0.25) is 0 Å². The molecule has 0 saturated heterocycles. The highest BCUT2D eigenvalue weighted by Gasteiger charge is 2.08. The van der Waals surface area contributed by atoms with Crippen LogP contribution in [0, 0.1) is 0 Å². The number of hydrogen-bond donors (Lipinski definition) is 3. The fourth-order valence-corrected chi connectivity index (χ4v) is 3.70. The molecule has 2 aromatic carbocycles. The number of carbonyl (C=O) groups is 1. The van der Waals surface area contributed by atoms with Crippen LogP contribution in [0.3, 0.4) is 0 Å². The predicted octanol–water partition coefficient (Wildman–Crippen LogP) is 4.54. The van der Waals surface area contributed by atoms with Gasteiger partial charge in [0.1, 0.15) is 5.76 Å². The third-order valence-electron chi connectivity index (χ3n) is 5.42. The zero-order chi connectivity index (χ0) is 22.9. The molecule has 1 amide bonds. The molecule has 0 unspecified atom stereocenters. The Morgan fingerprint density at radius 2 is 1.85 bits per heavy atom. The van der Waals surface area contributed by atoms with Crippen LogP contribution >= 0.6 is 24.0 Å². The number of guanidine groups is 1.